The number of hydrogen-bond donors (Lipinski definition) is 0. The molecule has 0 N–H and O–H groups in total. The van der Waals surface area contributed by atoms with Crippen LogP contribution in [0.1, 0.15) is 32.6 Å². The van der Waals surface area contributed by atoms with Crippen molar-refractivity contribution in [1.29, 1.82) is 0 Å². The first kappa shape index (κ1) is 9.97. The number of carbonyl (C=O) groups is 1. The van der Waals surface area contributed by atoms with E-state index in [1.54, 1.807) is 0 Å². The van der Waals surface area contributed by atoms with Crippen LogP contribution in [0, 0.1) is 5.92 Å². The van der Waals surface area contributed by atoms with Crippen molar-refractivity contribution in [1.82, 2.24) is 4.90 Å². The van der Waals surface area contributed by atoms with Gasteiger partial charge in [0, 0.05) is 19.6 Å². The Balaban J connectivity index is 1.65. The van der Waals surface area contributed by atoms with Crippen molar-refractivity contribution in [3.63, 3.8) is 0 Å². The van der Waals surface area contributed by atoms with Crippen molar-refractivity contribution in [3.05, 3.63) is 0 Å². The molecule has 1 atom stereocenters. The Kier molecular flexibility index (Phi) is 3.06. The second-order valence-corrected chi connectivity index (χ2v) is 4.52. The van der Waals surface area contributed by atoms with Gasteiger partial charge in [-0.25, -0.2) is 0 Å². The minimum Gasteiger partial charge on any atom is -0.379 e. The molecule has 1 aliphatic carbocycles. The molecule has 0 aromatic rings. The van der Waals surface area contributed by atoms with Gasteiger partial charge in [0.15, 0.2) is 0 Å². The molecule has 1 amide bonds. The largest absolute Gasteiger partial charge is 0.379 e. The Morgan fingerprint density at radius 1 is 1.57 bits per heavy atom. The normalized spacial score (nSPS) is 24.4. The Hall–Kier alpha value is -0.570. The molecule has 1 saturated heterocycles. The van der Waals surface area contributed by atoms with Crippen LogP contribution >= 0.6 is 0 Å². The quantitative estimate of drug-likeness (QED) is 0.667. The van der Waals surface area contributed by atoms with Gasteiger partial charge >= 0.3 is 0 Å². The van der Waals surface area contributed by atoms with E-state index in [0.29, 0.717) is 12.5 Å². The molecule has 14 heavy (non-hydrogen) atoms. The molecule has 80 valence electrons. The number of carbonyl (C=O) groups excluding carboxylic acids is 1. The summed E-state index contributed by atoms with van der Waals surface area (Å²) in [6, 6.07) is 0.267. The third kappa shape index (κ3) is 2.47. The highest BCUT2D eigenvalue weighted by Crippen LogP contribution is 2.28. The van der Waals surface area contributed by atoms with Gasteiger partial charge in [0.25, 0.3) is 0 Å². The molecule has 0 radical (unpaired) electrons. The molecule has 0 spiro atoms. The molecule has 0 aromatic heterocycles. The molecular weight excluding hydrogens is 178 g/mol. The number of likely N-dealkylation sites (tertiary alicyclic amines) is 1. The highest BCUT2D eigenvalue weighted by atomic mass is 16.5. The Bertz CT molecular complexity index is 213. The van der Waals surface area contributed by atoms with Gasteiger partial charge < -0.3 is 9.64 Å². The Morgan fingerprint density at radius 2 is 2.36 bits per heavy atom. The second-order valence-electron chi connectivity index (χ2n) is 4.52. The van der Waals surface area contributed by atoms with Crippen molar-refractivity contribution >= 4 is 5.91 Å². The fourth-order valence-electron chi connectivity index (χ4n) is 1.91. The molecule has 1 aliphatic heterocycles. The topological polar surface area (TPSA) is 29.5 Å². The van der Waals surface area contributed by atoms with Gasteiger partial charge in [0.1, 0.15) is 0 Å². The summed E-state index contributed by atoms with van der Waals surface area (Å²) in [5, 5.41) is 0. The van der Waals surface area contributed by atoms with Gasteiger partial charge in [-0.3, -0.25) is 4.79 Å². The van der Waals surface area contributed by atoms with Crippen LogP contribution in [0.5, 0.6) is 0 Å². The monoisotopic (exact) mass is 197 g/mol. The van der Waals surface area contributed by atoms with Gasteiger partial charge in [-0.1, -0.05) is 0 Å². The number of hydrogen-bond acceptors (Lipinski definition) is 2. The molecule has 3 heteroatoms. The van der Waals surface area contributed by atoms with E-state index in [1.807, 2.05) is 4.90 Å². The molecule has 1 unspecified atom stereocenters. The van der Waals surface area contributed by atoms with Crippen LogP contribution in [0.2, 0.25) is 0 Å². The predicted molar refractivity (Wildman–Crippen MR) is 54.0 cm³/mol. The average molecular weight is 197 g/mol. The van der Waals surface area contributed by atoms with E-state index >= 15 is 0 Å². The van der Waals surface area contributed by atoms with Gasteiger partial charge in [0.05, 0.1) is 12.6 Å². The molecular formula is C11H19NO2. The Labute approximate surface area is 85.4 Å². The summed E-state index contributed by atoms with van der Waals surface area (Å²) in [6.07, 6.45) is 4.41. The van der Waals surface area contributed by atoms with Crippen LogP contribution in [0.25, 0.3) is 0 Å². The maximum absolute atomic E-state index is 11.4. The first-order valence-corrected chi connectivity index (χ1v) is 5.64. The number of ether oxygens (including phenoxy) is 1. The van der Waals surface area contributed by atoms with Gasteiger partial charge in [-0.15, -0.1) is 0 Å². The highest BCUT2D eigenvalue weighted by Gasteiger charge is 2.26. The minimum absolute atomic E-state index is 0.267. The van der Waals surface area contributed by atoms with Crippen LogP contribution in [0.4, 0.5) is 0 Å². The van der Waals surface area contributed by atoms with E-state index in [2.05, 4.69) is 6.92 Å². The van der Waals surface area contributed by atoms with Crippen molar-refractivity contribution in [2.45, 2.75) is 38.6 Å². The summed E-state index contributed by atoms with van der Waals surface area (Å²) < 4.78 is 5.59. The van der Waals surface area contributed by atoms with Crippen LogP contribution in [0.3, 0.4) is 0 Å². The van der Waals surface area contributed by atoms with Crippen molar-refractivity contribution in [2.24, 2.45) is 5.92 Å². The average Bonchev–Trinajstić information content (AvgIpc) is 2.87. The zero-order valence-electron chi connectivity index (χ0n) is 8.87. The number of nitrogens with zero attached hydrogens (tertiary/aromatic N) is 1. The summed E-state index contributed by atoms with van der Waals surface area (Å²) in [5.41, 5.74) is 0. The predicted octanol–water partition coefficient (Wildman–Crippen LogP) is 1.42. The van der Waals surface area contributed by atoms with Crippen LogP contribution in [-0.4, -0.2) is 36.6 Å². The van der Waals surface area contributed by atoms with Crippen LogP contribution in [-0.2, 0) is 9.53 Å². The third-order valence-electron chi connectivity index (χ3n) is 3.05. The number of rotatable bonds is 5. The SMILES string of the molecule is CC(COCC1CC1)N1CCCC1=O. The molecule has 1 saturated carbocycles. The molecule has 3 nitrogen and oxygen atoms in total. The lowest BCUT2D eigenvalue weighted by molar-refractivity contribution is -0.130. The maximum atomic E-state index is 11.4. The molecule has 0 bridgehead atoms. The molecule has 2 rings (SSSR count). The first-order valence-electron chi connectivity index (χ1n) is 5.64. The van der Waals surface area contributed by atoms with Crippen molar-refractivity contribution in [3.8, 4) is 0 Å². The second kappa shape index (κ2) is 4.30. The van der Waals surface area contributed by atoms with Crippen molar-refractivity contribution < 1.29 is 9.53 Å². The summed E-state index contributed by atoms with van der Waals surface area (Å²) in [5.74, 6) is 1.11. The summed E-state index contributed by atoms with van der Waals surface area (Å²) in [4.78, 5) is 13.3. The first-order chi connectivity index (χ1) is 6.77. The molecule has 1 heterocycles. The van der Waals surface area contributed by atoms with E-state index in [9.17, 15) is 4.79 Å². The fraction of sp³-hybridized carbons (Fsp3) is 0.909. The highest BCUT2D eigenvalue weighted by molar-refractivity contribution is 5.78. The van der Waals surface area contributed by atoms with Crippen LogP contribution in [0.15, 0.2) is 0 Å². The summed E-state index contributed by atoms with van der Waals surface area (Å²) in [7, 11) is 0. The van der Waals surface area contributed by atoms with Gasteiger partial charge in [0.2, 0.25) is 5.91 Å². The number of amides is 1. The summed E-state index contributed by atoms with van der Waals surface area (Å²) >= 11 is 0. The summed E-state index contributed by atoms with van der Waals surface area (Å²) in [6.45, 7) is 4.61. The zero-order valence-corrected chi connectivity index (χ0v) is 8.87. The van der Waals surface area contributed by atoms with E-state index in [4.69, 9.17) is 4.74 Å². The van der Waals surface area contributed by atoms with E-state index in [-0.39, 0.29) is 6.04 Å². The lowest BCUT2D eigenvalue weighted by Gasteiger charge is -2.23. The minimum atomic E-state index is 0.267. The van der Waals surface area contributed by atoms with E-state index < -0.39 is 0 Å². The lowest BCUT2D eigenvalue weighted by Crippen LogP contribution is -2.37. The molecule has 2 aliphatic rings. The van der Waals surface area contributed by atoms with Gasteiger partial charge in [-0.2, -0.15) is 0 Å². The van der Waals surface area contributed by atoms with Gasteiger partial charge in [-0.05, 0) is 32.1 Å². The third-order valence-corrected chi connectivity index (χ3v) is 3.05. The zero-order chi connectivity index (χ0) is 9.97. The van der Waals surface area contributed by atoms with E-state index in [1.165, 1.54) is 12.8 Å². The maximum Gasteiger partial charge on any atom is 0.222 e. The smallest absolute Gasteiger partial charge is 0.222 e. The fourth-order valence-corrected chi connectivity index (χ4v) is 1.91. The lowest BCUT2D eigenvalue weighted by atomic mass is 10.3. The molecule has 0 aromatic carbocycles. The van der Waals surface area contributed by atoms with Crippen LogP contribution < -0.4 is 0 Å². The van der Waals surface area contributed by atoms with Crippen molar-refractivity contribution in [2.75, 3.05) is 19.8 Å². The molecule has 2 fully saturated rings. The Morgan fingerprint density at radius 3 is 2.93 bits per heavy atom. The standard InChI is InChI=1S/C11H19NO2/c1-9(7-14-8-10-4-5-10)12-6-2-3-11(12)13/h9-10H,2-8H2,1H3. The van der Waals surface area contributed by atoms with E-state index in [0.717, 1.165) is 31.9 Å².